The molecule has 0 spiro atoms. The van der Waals surface area contributed by atoms with Crippen LogP contribution in [0.3, 0.4) is 0 Å². The van der Waals surface area contributed by atoms with E-state index in [2.05, 4.69) is 37.3 Å². The fourth-order valence-electron chi connectivity index (χ4n) is 0.806. The Bertz CT molecular complexity index is 175. The molecule has 0 radical (unpaired) electrons. The standard InChI is InChI=1S/C8H12Si/c1-7-5-3-2-4-6-8(7)9/h2-6,8H,1,9H3. The van der Waals surface area contributed by atoms with Gasteiger partial charge in [0.2, 0.25) is 0 Å². The highest BCUT2D eigenvalue weighted by Gasteiger charge is 1.97. The first-order valence-corrected chi connectivity index (χ1v) is 4.48. The highest BCUT2D eigenvalue weighted by atomic mass is 28.1. The van der Waals surface area contributed by atoms with Crippen LogP contribution >= 0.6 is 0 Å². The number of allylic oxidation sites excluding steroid dienone is 6. The first kappa shape index (κ1) is 6.56. The van der Waals surface area contributed by atoms with Crippen LogP contribution in [0.4, 0.5) is 0 Å². The summed E-state index contributed by atoms with van der Waals surface area (Å²) in [7, 11) is 1.24. The van der Waals surface area contributed by atoms with Crippen molar-refractivity contribution in [1.29, 1.82) is 0 Å². The third kappa shape index (κ3) is 1.68. The van der Waals surface area contributed by atoms with E-state index in [9.17, 15) is 0 Å². The molecule has 1 atom stereocenters. The Morgan fingerprint density at radius 1 is 1.33 bits per heavy atom. The van der Waals surface area contributed by atoms with Gasteiger partial charge in [0.1, 0.15) is 0 Å². The summed E-state index contributed by atoms with van der Waals surface area (Å²) < 4.78 is 0. The largest absolute Gasteiger partial charge is 0.0811 e. The first-order chi connectivity index (χ1) is 4.30. The smallest absolute Gasteiger partial charge is 0.0166 e. The van der Waals surface area contributed by atoms with Crippen molar-refractivity contribution < 1.29 is 0 Å². The topological polar surface area (TPSA) is 0 Å². The molecule has 0 saturated carbocycles. The average Bonchev–Trinajstić information content (AvgIpc) is 1.99. The lowest BCUT2D eigenvalue weighted by molar-refractivity contribution is 1.21. The average molecular weight is 136 g/mol. The Balaban J connectivity index is 2.80. The zero-order valence-electron chi connectivity index (χ0n) is 5.96. The Morgan fingerprint density at radius 2 is 2.11 bits per heavy atom. The summed E-state index contributed by atoms with van der Waals surface area (Å²) in [5.74, 6) is 0. The second kappa shape index (κ2) is 2.83. The van der Waals surface area contributed by atoms with Crippen LogP contribution in [0.25, 0.3) is 0 Å². The van der Waals surface area contributed by atoms with Crippen LogP contribution in [0.5, 0.6) is 0 Å². The van der Waals surface area contributed by atoms with Crippen molar-refractivity contribution in [2.75, 3.05) is 0 Å². The second-order valence-corrected chi connectivity index (χ2v) is 3.71. The Hall–Kier alpha value is -0.563. The van der Waals surface area contributed by atoms with Crippen molar-refractivity contribution in [3.63, 3.8) is 0 Å². The molecule has 1 heteroatoms. The molecular formula is C8H12Si. The normalized spacial score (nSPS) is 25.9. The summed E-state index contributed by atoms with van der Waals surface area (Å²) >= 11 is 0. The second-order valence-electron chi connectivity index (χ2n) is 2.47. The van der Waals surface area contributed by atoms with Gasteiger partial charge in [0.15, 0.2) is 0 Å². The molecule has 0 aromatic carbocycles. The van der Waals surface area contributed by atoms with E-state index in [0.29, 0.717) is 0 Å². The molecule has 1 rings (SSSR count). The lowest BCUT2D eigenvalue weighted by Gasteiger charge is -2.02. The minimum atomic E-state index is 0.750. The predicted molar refractivity (Wildman–Crippen MR) is 45.7 cm³/mol. The number of hydrogen-bond acceptors (Lipinski definition) is 0. The van der Waals surface area contributed by atoms with Gasteiger partial charge in [0.25, 0.3) is 0 Å². The third-order valence-corrected chi connectivity index (χ3v) is 2.99. The Morgan fingerprint density at radius 3 is 2.89 bits per heavy atom. The van der Waals surface area contributed by atoms with Gasteiger partial charge < -0.3 is 0 Å². The summed E-state index contributed by atoms with van der Waals surface area (Å²) in [4.78, 5) is 0. The molecule has 0 nitrogen and oxygen atoms in total. The molecule has 0 bridgehead atoms. The van der Waals surface area contributed by atoms with E-state index < -0.39 is 0 Å². The van der Waals surface area contributed by atoms with Crippen LogP contribution in [-0.4, -0.2) is 10.2 Å². The predicted octanol–water partition coefficient (Wildman–Crippen LogP) is 1.21. The molecule has 0 saturated heterocycles. The van der Waals surface area contributed by atoms with Crippen molar-refractivity contribution in [3.8, 4) is 0 Å². The summed E-state index contributed by atoms with van der Waals surface area (Å²) in [5.41, 5.74) is 2.24. The fraction of sp³-hybridized carbons (Fsp3) is 0.250. The van der Waals surface area contributed by atoms with E-state index in [4.69, 9.17) is 0 Å². The van der Waals surface area contributed by atoms with Crippen LogP contribution in [0.1, 0.15) is 6.92 Å². The molecule has 0 N–H and O–H groups in total. The van der Waals surface area contributed by atoms with Gasteiger partial charge in [-0.15, -0.1) is 0 Å². The number of hydrogen-bond donors (Lipinski definition) is 0. The maximum absolute atomic E-state index is 2.27. The van der Waals surface area contributed by atoms with Crippen LogP contribution in [0, 0.1) is 0 Å². The molecule has 0 fully saturated rings. The molecule has 1 aliphatic carbocycles. The monoisotopic (exact) mass is 136 g/mol. The minimum Gasteiger partial charge on any atom is -0.0811 e. The minimum absolute atomic E-state index is 0.750. The first-order valence-electron chi connectivity index (χ1n) is 3.32. The Labute approximate surface area is 59.4 Å². The molecule has 0 aliphatic heterocycles. The lowest BCUT2D eigenvalue weighted by atomic mass is 10.2. The van der Waals surface area contributed by atoms with Gasteiger partial charge >= 0.3 is 0 Å². The highest BCUT2D eigenvalue weighted by Crippen LogP contribution is 2.16. The van der Waals surface area contributed by atoms with Gasteiger partial charge in [0, 0.05) is 10.2 Å². The zero-order chi connectivity index (χ0) is 6.69. The molecule has 1 unspecified atom stereocenters. The van der Waals surface area contributed by atoms with Crippen molar-refractivity contribution in [2.45, 2.75) is 12.5 Å². The van der Waals surface area contributed by atoms with E-state index in [1.807, 2.05) is 0 Å². The fourth-order valence-corrected chi connectivity index (χ4v) is 1.22. The molecule has 48 valence electrons. The molecule has 0 amide bonds. The molecule has 0 heterocycles. The van der Waals surface area contributed by atoms with Crippen molar-refractivity contribution in [1.82, 2.24) is 0 Å². The van der Waals surface area contributed by atoms with Gasteiger partial charge in [-0.25, -0.2) is 0 Å². The summed E-state index contributed by atoms with van der Waals surface area (Å²) in [5, 5.41) is 0. The van der Waals surface area contributed by atoms with E-state index in [1.54, 1.807) is 0 Å². The van der Waals surface area contributed by atoms with Crippen molar-refractivity contribution >= 4 is 10.2 Å². The molecule has 9 heavy (non-hydrogen) atoms. The van der Waals surface area contributed by atoms with Gasteiger partial charge in [-0.2, -0.15) is 0 Å². The van der Waals surface area contributed by atoms with Crippen LogP contribution in [0.2, 0.25) is 5.54 Å². The van der Waals surface area contributed by atoms with E-state index in [-0.39, 0.29) is 0 Å². The molecular weight excluding hydrogens is 124 g/mol. The SMILES string of the molecule is CC1=CC=CC=CC1[SiH3]. The Kier molecular flexibility index (Phi) is 2.06. The summed E-state index contributed by atoms with van der Waals surface area (Å²) in [6.45, 7) is 2.19. The van der Waals surface area contributed by atoms with Gasteiger partial charge in [-0.1, -0.05) is 36.0 Å². The van der Waals surface area contributed by atoms with Gasteiger partial charge in [0.05, 0.1) is 0 Å². The van der Waals surface area contributed by atoms with Gasteiger partial charge in [-0.3, -0.25) is 0 Å². The maximum Gasteiger partial charge on any atom is 0.0166 e. The molecule has 0 aromatic rings. The zero-order valence-corrected chi connectivity index (χ0v) is 7.96. The van der Waals surface area contributed by atoms with Crippen molar-refractivity contribution in [2.24, 2.45) is 0 Å². The summed E-state index contributed by atoms with van der Waals surface area (Å²) in [6, 6.07) is 0. The molecule has 1 aliphatic rings. The molecule has 0 aromatic heterocycles. The van der Waals surface area contributed by atoms with E-state index >= 15 is 0 Å². The van der Waals surface area contributed by atoms with E-state index in [1.165, 1.54) is 15.8 Å². The third-order valence-electron chi connectivity index (χ3n) is 1.70. The van der Waals surface area contributed by atoms with Gasteiger partial charge in [-0.05, 0) is 12.5 Å². The van der Waals surface area contributed by atoms with Crippen LogP contribution in [0.15, 0.2) is 36.0 Å². The van der Waals surface area contributed by atoms with Crippen molar-refractivity contribution in [3.05, 3.63) is 36.0 Å². The quantitative estimate of drug-likeness (QED) is 0.439. The van der Waals surface area contributed by atoms with E-state index in [0.717, 1.165) is 5.54 Å². The van der Waals surface area contributed by atoms with Crippen LogP contribution in [-0.2, 0) is 0 Å². The highest BCUT2D eigenvalue weighted by molar-refractivity contribution is 6.15. The maximum atomic E-state index is 2.27. The lowest BCUT2D eigenvalue weighted by Crippen LogP contribution is -1.86. The number of rotatable bonds is 0. The summed E-state index contributed by atoms with van der Waals surface area (Å²) in [6.07, 6.45) is 10.8. The van der Waals surface area contributed by atoms with Crippen LogP contribution < -0.4 is 0 Å².